The van der Waals surface area contributed by atoms with Crippen molar-refractivity contribution in [2.45, 2.75) is 11.8 Å². The maximum Gasteiger partial charge on any atom is 0.271 e. The van der Waals surface area contributed by atoms with E-state index in [-0.39, 0.29) is 4.90 Å². The van der Waals surface area contributed by atoms with Crippen LogP contribution in [-0.4, -0.2) is 53.5 Å². The standard InChI is InChI=1S/C26H25N7O2S/c1-18-5-6-19-3-2-4-23(24(19)29-18)36(34,35)33-14-11-20-17-28-26(31-25(20)33)30-21-7-9-22(10-8-21)32-15-12-27-13-16-32/h2-11,14,17,27H,12-13,15-16H2,1H3,(H,28,30,31). The van der Waals surface area contributed by atoms with Crippen molar-refractivity contribution in [1.29, 1.82) is 0 Å². The quantitative estimate of drug-likeness (QED) is 0.377. The average molecular weight is 500 g/mol. The van der Waals surface area contributed by atoms with E-state index in [1.165, 1.54) is 10.2 Å². The summed E-state index contributed by atoms with van der Waals surface area (Å²) in [6.45, 7) is 5.75. The van der Waals surface area contributed by atoms with E-state index in [0.717, 1.165) is 48.6 Å². The van der Waals surface area contributed by atoms with Gasteiger partial charge < -0.3 is 15.5 Å². The topological polar surface area (TPSA) is 105 Å². The number of fused-ring (bicyclic) bond motifs is 2. The fraction of sp³-hybridized carbons (Fsp3) is 0.192. The highest BCUT2D eigenvalue weighted by Gasteiger charge is 2.23. The molecule has 6 rings (SSSR count). The van der Waals surface area contributed by atoms with Crippen molar-refractivity contribution in [2.24, 2.45) is 0 Å². The van der Waals surface area contributed by atoms with Crippen LogP contribution in [0.15, 0.2) is 78.0 Å². The maximum absolute atomic E-state index is 13.7. The minimum absolute atomic E-state index is 0.137. The van der Waals surface area contributed by atoms with Gasteiger partial charge in [-0.1, -0.05) is 18.2 Å². The monoisotopic (exact) mass is 499 g/mol. The highest BCUT2D eigenvalue weighted by Crippen LogP contribution is 2.27. The molecular formula is C26H25N7O2S. The van der Waals surface area contributed by atoms with E-state index in [9.17, 15) is 8.42 Å². The Balaban J connectivity index is 1.33. The summed E-state index contributed by atoms with van der Waals surface area (Å²) in [6.07, 6.45) is 3.13. The molecule has 36 heavy (non-hydrogen) atoms. The summed E-state index contributed by atoms with van der Waals surface area (Å²) in [7, 11) is -3.95. The van der Waals surface area contributed by atoms with Crippen LogP contribution < -0.4 is 15.5 Å². The van der Waals surface area contributed by atoms with Crippen LogP contribution in [0.2, 0.25) is 0 Å². The molecule has 0 saturated carbocycles. The minimum atomic E-state index is -3.95. The Hall–Kier alpha value is -4.02. The molecule has 4 heterocycles. The van der Waals surface area contributed by atoms with Crippen LogP contribution in [-0.2, 0) is 10.0 Å². The molecule has 1 saturated heterocycles. The van der Waals surface area contributed by atoms with Crippen molar-refractivity contribution >= 4 is 49.3 Å². The van der Waals surface area contributed by atoms with Crippen molar-refractivity contribution in [2.75, 3.05) is 36.4 Å². The predicted octanol–water partition coefficient (Wildman–Crippen LogP) is 3.68. The molecule has 0 unspecified atom stereocenters. The van der Waals surface area contributed by atoms with Crippen LogP contribution in [0, 0.1) is 6.92 Å². The predicted molar refractivity (Wildman–Crippen MR) is 141 cm³/mol. The Morgan fingerprint density at radius 1 is 0.917 bits per heavy atom. The van der Waals surface area contributed by atoms with Gasteiger partial charge in [0.2, 0.25) is 5.95 Å². The molecule has 0 radical (unpaired) electrons. The maximum atomic E-state index is 13.7. The van der Waals surface area contributed by atoms with E-state index in [1.807, 2.05) is 37.3 Å². The highest BCUT2D eigenvalue weighted by atomic mass is 32.2. The Kier molecular flexibility index (Phi) is 5.54. The Morgan fingerprint density at radius 2 is 1.72 bits per heavy atom. The molecule has 2 N–H and O–H groups in total. The molecule has 1 aliphatic heterocycles. The van der Waals surface area contributed by atoms with Gasteiger partial charge in [-0.05, 0) is 49.4 Å². The first kappa shape index (κ1) is 22.4. The molecule has 10 heteroatoms. The van der Waals surface area contributed by atoms with Crippen molar-refractivity contribution in [3.8, 4) is 0 Å². The van der Waals surface area contributed by atoms with E-state index in [0.29, 0.717) is 22.5 Å². The molecule has 0 amide bonds. The van der Waals surface area contributed by atoms with Crippen LogP contribution in [0.3, 0.4) is 0 Å². The third kappa shape index (κ3) is 4.04. The molecule has 0 spiro atoms. The second kappa shape index (κ2) is 8.89. The largest absolute Gasteiger partial charge is 0.369 e. The summed E-state index contributed by atoms with van der Waals surface area (Å²) in [6, 6.07) is 18.7. The van der Waals surface area contributed by atoms with Crippen LogP contribution in [0.4, 0.5) is 17.3 Å². The number of pyridine rings is 1. The van der Waals surface area contributed by atoms with Crippen LogP contribution in [0.1, 0.15) is 5.69 Å². The number of aromatic nitrogens is 4. The third-order valence-corrected chi connectivity index (χ3v) is 8.06. The molecule has 0 aliphatic carbocycles. The van der Waals surface area contributed by atoms with Crippen LogP contribution in [0.25, 0.3) is 21.9 Å². The van der Waals surface area contributed by atoms with Gasteiger partial charge in [0.1, 0.15) is 4.90 Å². The molecule has 0 bridgehead atoms. The lowest BCUT2D eigenvalue weighted by atomic mass is 10.2. The number of hydrogen-bond donors (Lipinski definition) is 2. The number of rotatable bonds is 5. The van der Waals surface area contributed by atoms with E-state index in [2.05, 4.69) is 42.6 Å². The molecular weight excluding hydrogens is 474 g/mol. The van der Waals surface area contributed by atoms with Crippen molar-refractivity contribution in [1.82, 2.24) is 24.2 Å². The number of piperazine rings is 1. The zero-order valence-electron chi connectivity index (χ0n) is 19.7. The van der Waals surface area contributed by atoms with Gasteiger partial charge in [0.05, 0.1) is 5.52 Å². The van der Waals surface area contributed by atoms with Gasteiger partial charge in [-0.25, -0.2) is 17.4 Å². The van der Waals surface area contributed by atoms with Crippen LogP contribution >= 0.6 is 0 Å². The SMILES string of the molecule is Cc1ccc2cccc(S(=O)(=O)n3ccc4cnc(Nc5ccc(N6CCNCC6)cc5)nc43)c2n1. The zero-order valence-corrected chi connectivity index (χ0v) is 20.5. The summed E-state index contributed by atoms with van der Waals surface area (Å²) < 4.78 is 28.6. The third-order valence-electron chi connectivity index (χ3n) is 6.36. The summed E-state index contributed by atoms with van der Waals surface area (Å²) >= 11 is 0. The Morgan fingerprint density at radius 3 is 2.53 bits per heavy atom. The lowest BCUT2D eigenvalue weighted by Crippen LogP contribution is -2.43. The number of nitrogens with one attached hydrogen (secondary N) is 2. The fourth-order valence-corrected chi connectivity index (χ4v) is 5.95. The fourth-order valence-electron chi connectivity index (χ4n) is 4.49. The zero-order chi connectivity index (χ0) is 24.7. The van der Waals surface area contributed by atoms with E-state index < -0.39 is 10.0 Å². The van der Waals surface area contributed by atoms with Gasteiger partial charge in [0, 0.05) is 66.4 Å². The first-order valence-electron chi connectivity index (χ1n) is 11.8. The minimum Gasteiger partial charge on any atom is -0.369 e. The van der Waals surface area contributed by atoms with Gasteiger partial charge in [-0.15, -0.1) is 0 Å². The Labute approximate surface area is 208 Å². The van der Waals surface area contributed by atoms with Gasteiger partial charge in [-0.2, -0.15) is 4.98 Å². The smallest absolute Gasteiger partial charge is 0.271 e. The molecule has 182 valence electrons. The number of anilines is 3. The molecule has 0 atom stereocenters. The normalized spacial score (nSPS) is 14.4. The molecule has 9 nitrogen and oxygen atoms in total. The van der Waals surface area contributed by atoms with E-state index >= 15 is 0 Å². The number of para-hydroxylation sites is 1. The molecule has 5 aromatic rings. The first-order chi connectivity index (χ1) is 17.5. The van der Waals surface area contributed by atoms with E-state index in [1.54, 1.807) is 24.4 Å². The number of aryl methyl sites for hydroxylation is 1. The van der Waals surface area contributed by atoms with Crippen molar-refractivity contribution < 1.29 is 8.42 Å². The lowest BCUT2D eigenvalue weighted by Gasteiger charge is -2.29. The lowest BCUT2D eigenvalue weighted by molar-refractivity contribution is 0.589. The second-order valence-electron chi connectivity index (χ2n) is 8.78. The van der Waals surface area contributed by atoms with Gasteiger partial charge >= 0.3 is 0 Å². The summed E-state index contributed by atoms with van der Waals surface area (Å²) in [4.78, 5) is 15.9. The number of benzene rings is 2. The average Bonchev–Trinajstić information content (AvgIpc) is 3.33. The number of hydrogen-bond acceptors (Lipinski definition) is 8. The van der Waals surface area contributed by atoms with Crippen molar-refractivity contribution in [3.63, 3.8) is 0 Å². The van der Waals surface area contributed by atoms with Gasteiger partial charge in [0.25, 0.3) is 10.0 Å². The molecule has 3 aromatic heterocycles. The summed E-state index contributed by atoms with van der Waals surface area (Å²) in [5, 5.41) is 7.95. The van der Waals surface area contributed by atoms with E-state index in [4.69, 9.17) is 0 Å². The molecule has 1 aliphatic rings. The summed E-state index contributed by atoms with van der Waals surface area (Å²) in [5.74, 6) is 0.319. The summed E-state index contributed by atoms with van der Waals surface area (Å²) in [5.41, 5.74) is 3.48. The van der Waals surface area contributed by atoms with Crippen LogP contribution in [0.5, 0.6) is 0 Å². The second-order valence-corrected chi connectivity index (χ2v) is 10.6. The van der Waals surface area contributed by atoms with Gasteiger partial charge in [-0.3, -0.25) is 4.98 Å². The highest BCUT2D eigenvalue weighted by molar-refractivity contribution is 7.90. The van der Waals surface area contributed by atoms with Gasteiger partial charge in [0.15, 0.2) is 5.65 Å². The van der Waals surface area contributed by atoms with Crippen molar-refractivity contribution in [3.05, 3.63) is 78.8 Å². The number of nitrogens with zero attached hydrogens (tertiary/aromatic N) is 5. The first-order valence-corrected chi connectivity index (χ1v) is 13.2. The molecule has 1 fully saturated rings. The molecule has 2 aromatic carbocycles. The Bertz CT molecular complexity index is 1670.